The summed E-state index contributed by atoms with van der Waals surface area (Å²) in [5.74, 6) is 0. The third kappa shape index (κ3) is 3.29. The number of halogens is 2. The maximum atomic E-state index is 12.2. The predicted octanol–water partition coefficient (Wildman–Crippen LogP) is 4.21. The van der Waals surface area contributed by atoms with E-state index in [0.29, 0.717) is 10.7 Å². The lowest BCUT2D eigenvalue weighted by Gasteiger charge is -2.10. The molecule has 19 heavy (non-hydrogen) atoms. The van der Waals surface area contributed by atoms with Crippen molar-refractivity contribution in [2.45, 2.75) is 11.8 Å². The minimum atomic E-state index is -3.63. The Morgan fingerprint density at radius 1 is 1.16 bits per heavy atom. The Hall–Kier alpha value is -1.04. The average Bonchev–Trinajstić information content (AvgIpc) is 2.35. The number of hydrogen-bond acceptors (Lipinski definition) is 2. The fourth-order valence-corrected chi connectivity index (χ4v) is 3.18. The van der Waals surface area contributed by atoms with E-state index in [1.165, 1.54) is 6.07 Å². The van der Waals surface area contributed by atoms with Crippen molar-refractivity contribution in [3.63, 3.8) is 0 Å². The van der Waals surface area contributed by atoms with Gasteiger partial charge in [0.25, 0.3) is 10.0 Å². The van der Waals surface area contributed by atoms with Crippen molar-refractivity contribution < 1.29 is 8.42 Å². The number of anilines is 1. The summed E-state index contributed by atoms with van der Waals surface area (Å²) >= 11 is 9.28. The van der Waals surface area contributed by atoms with Crippen molar-refractivity contribution >= 4 is 43.2 Å². The van der Waals surface area contributed by atoms with E-state index in [-0.39, 0.29) is 4.90 Å². The molecule has 3 nitrogen and oxygen atoms in total. The summed E-state index contributed by atoms with van der Waals surface area (Å²) < 4.78 is 27.8. The molecule has 6 heteroatoms. The number of sulfonamides is 1. The van der Waals surface area contributed by atoms with Crippen molar-refractivity contribution in [1.82, 2.24) is 0 Å². The molecule has 0 aliphatic rings. The largest absolute Gasteiger partial charge is 0.278 e. The second-order valence-corrected chi connectivity index (χ2v) is 6.94. The first kappa shape index (κ1) is 14.4. The van der Waals surface area contributed by atoms with Crippen LogP contribution in [-0.4, -0.2) is 8.42 Å². The number of benzene rings is 2. The average molecular weight is 361 g/mol. The van der Waals surface area contributed by atoms with Gasteiger partial charge in [-0.05, 0) is 42.8 Å². The first-order valence-corrected chi connectivity index (χ1v) is 8.09. The molecule has 0 amide bonds. The minimum absolute atomic E-state index is 0.202. The van der Waals surface area contributed by atoms with Crippen LogP contribution in [0.3, 0.4) is 0 Å². The highest BCUT2D eigenvalue weighted by Gasteiger charge is 2.16. The Labute approximate surface area is 125 Å². The topological polar surface area (TPSA) is 46.2 Å². The normalized spacial score (nSPS) is 11.3. The first-order valence-electron chi connectivity index (χ1n) is 5.43. The van der Waals surface area contributed by atoms with E-state index in [9.17, 15) is 8.42 Å². The molecule has 0 aliphatic heterocycles. The van der Waals surface area contributed by atoms with Crippen LogP contribution in [-0.2, 0) is 10.0 Å². The number of aryl methyl sites for hydroxylation is 1. The quantitative estimate of drug-likeness (QED) is 0.891. The highest BCUT2D eigenvalue weighted by molar-refractivity contribution is 9.10. The molecular weight excluding hydrogens is 350 g/mol. The Bertz CT molecular complexity index is 716. The highest BCUT2D eigenvalue weighted by Crippen LogP contribution is 2.25. The Morgan fingerprint density at radius 2 is 1.84 bits per heavy atom. The molecule has 0 aliphatic carbocycles. The molecule has 1 N–H and O–H groups in total. The van der Waals surface area contributed by atoms with Crippen molar-refractivity contribution in [2.24, 2.45) is 0 Å². The molecule has 0 spiro atoms. The summed E-state index contributed by atoms with van der Waals surface area (Å²) in [4.78, 5) is 0.202. The molecule has 2 aromatic rings. The molecular formula is C13H11BrClNO2S. The van der Waals surface area contributed by atoms with Crippen LogP contribution in [0.5, 0.6) is 0 Å². The molecule has 100 valence electrons. The van der Waals surface area contributed by atoms with Gasteiger partial charge in [0.15, 0.2) is 0 Å². The summed E-state index contributed by atoms with van der Waals surface area (Å²) in [5.41, 5.74) is 1.21. The van der Waals surface area contributed by atoms with Crippen molar-refractivity contribution in [3.8, 4) is 0 Å². The molecule has 0 heterocycles. The van der Waals surface area contributed by atoms with Gasteiger partial charge in [-0.1, -0.05) is 39.7 Å². The third-order valence-corrected chi connectivity index (χ3v) is 5.14. The second kappa shape index (κ2) is 5.53. The Balaban J connectivity index is 2.38. The van der Waals surface area contributed by atoms with Gasteiger partial charge in [-0.25, -0.2) is 8.42 Å². The zero-order valence-corrected chi connectivity index (χ0v) is 13.2. The zero-order valence-electron chi connectivity index (χ0n) is 10.0. The molecule has 0 aromatic heterocycles. The van der Waals surface area contributed by atoms with Crippen LogP contribution in [0, 0.1) is 6.92 Å². The summed E-state index contributed by atoms with van der Waals surface area (Å²) in [6, 6.07) is 11.5. The summed E-state index contributed by atoms with van der Waals surface area (Å²) in [6.07, 6.45) is 0. The maximum absolute atomic E-state index is 12.2. The van der Waals surface area contributed by atoms with E-state index in [4.69, 9.17) is 11.6 Å². The lowest BCUT2D eigenvalue weighted by molar-refractivity contribution is 0.601. The van der Waals surface area contributed by atoms with Crippen molar-refractivity contribution in [1.29, 1.82) is 0 Å². The molecule has 0 bridgehead atoms. The van der Waals surface area contributed by atoms with Crippen LogP contribution in [0.25, 0.3) is 0 Å². The lowest BCUT2D eigenvalue weighted by atomic mass is 10.2. The van der Waals surface area contributed by atoms with Crippen LogP contribution < -0.4 is 4.72 Å². The van der Waals surface area contributed by atoms with Crippen LogP contribution in [0.1, 0.15) is 5.56 Å². The molecule has 0 fully saturated rings. The monoisotopic (exact) mass is 359 g/mol. The highest BCUT2D eigenvalue weighted by atomic mass is 79.9. The van der Waals surface area contributed by atoms with E-state index >= 15 is 0 Å². The molecule has 0 saturated heterocycles. The van der Waals surface area contributed by atoms with Gasteiger partial charge < -0.3 is 0 Å². The molecule has 0 saturated carbocycles. The summed E-state index contributed by atoms with van der Waals surface area (Å²) in [6.45, 7) is 1.83. The van der Waals surface area contributed by atoms with Gasteiger partial charge in [0.05, 0.1) is 15.6 Å². The number of nitrogens with one attached hydrogen (secondary N) is 1. The van der Waals surface area contributed by atoms with Crippen LogP contribution in [0.2, 0.25) is 5.02 Å². The second-order valence-electron chi connectivity index (χ2n) is 4.00. The molecule has 2 aromatic carbocycles. The Morgan fingerprint density at radius 3 is 2.47 bits per heavy atom. The maximum Gasteiger partial charge on any atom is 0.261 e. The van der Waals surface area contributed by atoms with E-state index in [1.807, 2.05) is 6.92 Å². The smallest absolute Gasteiger partial charge is 0.261 e. The van der Waals surface area contributed by atoms with Gasteiger partial charge in [0, 0.05) is 4.47 Å². The van der Waals surface area contributed by atoms with E-state index in [2.05, 4.69) is 20.7 Å². The summed E-state index contributed by atoms with van der Waals surface area (Å²) in [7, 11) is -3.63. The van der Waals surface area contributed by atoms with E-state index in [1.54, 1.807) is 36.4 Å². The standard InChI is InChI=1S/C13H11BrClNO2S/c1-9-8-10(6-7-11(9)14)19(17,18)16-13-5-3-2-4-12(13)15/h2-8,16H,1H3. The van der Waals surface area contributed by atoms with Gasteiger partial charge in [0.2, 0.25) is 0 Å². The first-order chi connectivity index (χ1) is 8.90. The van der Waals surface area contributed by atoms with Crippen molar-refractivity contribution in [3.05, 3.63) is 57.5 Å². The SMILES string of the molecule is Cc1cc(S(=O)(=O)Nc2ccccc2Cl)ccc1Br. The van der Waals surface area contributed by atoms with Gasteiger partial charge in [-0.15, -0.1) is 0 Å². The molecule has 0 radical (unpaired) electrons. The van der Waals surface area contributed by atoms with Gasteiger partial charge in [-0.3, -0.25) is 4.72 Å². The number of hydrogen-bond donors (Lipinski definition) is 1. The lowest BCUT2D eigenvalue weighted by Crippen LogP contribution is -2.13. The number of para-hydroxylation sites is 1. The fraction of sp³-hybridized carbons (Fsp3) is 0.0769. The van der Waals surface area contributed by atoms with Crippen LogP contribution >= 0.6 is 27.5 Å². The van der Waals surface area contributed by atoms with E-state index < -0.39 is 10.0 Å². The van der Waals surface area contributed by atoms with Gasteiger partial charge in [0.1, 0.15) is 0 Å². The van der Waals surface area contributed by atoms with Gasteiger partial charge >= 0.3 is 0 Å². The van der Waals surface area contributed by atoms with Crippen LogP contribution in [0.4, 0.5) is 5.69 Å². The summed E-state index contributed by atoms with van der Waals surface area (Å²) in [5, 5.41) is 0.361. The fourth-order valence-electron chi connectivity index (χ4n) is 1.53. The molecule has 2 rings (SSSR count). The van der Waals surface area contributed by atoms with E-state index in [0.717, 1.165) is 10.0 Å². The van der Waals surface area contributed by atoms with Gasteiger partial charge in [-0.2, -0.15) is 0 Å². The predicted molar refractivity (Wildman–Crippen MR) is 81.1 cm³/mol. The number of rotatable bonds is 3. The zero-order chi connectivity index (χ0) is 14.0. The minimum Gasteiger partial charge on any atom is -0.278 e. The van der Waals surface area contributed by atoms with Crippen LogP contribution in [0.15, 0.2) is 51.8 Å². The van der Waals surface area contributed by atoms with Crippen molar-refractivity contribution in [2.75, 3.05) is 4.72 Å². The Kier molecular flexibility index (Phi) is 4.18. The molecule has 0 atom stereocenters. The third-order valence-electron chi connectivity index (χ3n) is 2.56. The molecule has 0 unspecified atom stereocenters.